The second kappa shape index (κ2) is 7.21. The molecule has 1 saturated heterocycles. The number of amides is 1. The molecule has 0 unspecified atom stereocenters. The quantitative estimate of drug-likeness (QED) is 0.859. The molecule has 0 bridgehead atoms. The van der Waals surface area contributed by atoms with Crippen molar-refractivity contribution in [2.24, 2.45) is 0 Å². The summed E-state index contributed by atoms with van der Waals surface area (Å²) in [6, 6.07) is 5.32. The van der Waals surface area contributed by atoms with Crippen molar-refractivity contribution in [2.45, 2.75) is 51.9 Å². The summed E-state index contributed by atoms with van der Waals surface area (Å²) in [6.07, 6.45) is -0.544. The molecular weight excluding hydrogens is 310 g/mol. The lowest BCUT2D eigenvalue weighted by Gasteiger charge is -2.36. The third-order valence-corrected chi connectivity index (χ3v) is 3.74. The zero-order valence-electron chi connectivity index (χ0n) is 14.6. The summed E-state index contributed by atoms with van der Waals surface area (Å²) in [4.78, 5) is 24.7. The number of hydrogen-bond acceptors (Lipinski definition) is 5. The first kappa shape index (κ1) is 18.3. The smallest absolute Gasteiger partial charge is 0.410 e. The molecular formula is C18H25NO5. The first-order valence-corrected chi connectivity index (χ1v) is 8.08. The van der Waals surface area contributed by atoms with Crippen molar-refractivity contribution >= 4 is 12.4 Å². The maximum atomic E-state index is 12.1. The highest BCUT2D eigenvalue weighted by molar-refractivity contribution is 5.79. The molecule has 1 aliphatic heterocycles. The molecule has 1 aromatic carbocycles. The second-order valence-corrected chi connectivity index (χ2v) is 7.10. The maximum absolute atomic E-state index is 12.1. The van der Waals surface area contributed by atoms with Crippen LogP contribution in [0.2, 0.25) is 0 Å². The number of piperidine rings is 1. The standard InChI is InChI=1S/C18H25NO5/c1-12-5-6-15(13(9-12)11-20)23-16-7-8-19(10-14(16)21)17(22)24-18(2,3)4/h5-6,9,11,14,16,21H,7-8,10H2,1-4H3/t14-,16-/m1/s1. The molecule has 6 nitrogen and oxygen atoms in total. The highest BCUT2D eigenvalue weighted by Crippen LogP contribution is 2.24. The molecule has 0 aliphatic carbocycles. The minimum absolute atomic E-state index is 0.141. The number of aldehydes is 1. The third-order valence-electron chi connectivity index (χ3n) is 3.74. The molecule has 1 heterocycles. The van der Waals surface area contributed by atoms with Crippen LogP contribution in [-0.4, -0.2) is 53.3 Å². The molecule has 1 amide bonds. The van der Waals surface area contributed by atoms with Crippen molar-refractivity contribution in [1.29, 1.82) is 0 Å². The first-order valence-electron chi connectivity index (χ1n) is 8.08. The minimum Gasteiger partial charge on any atom is -0.487 e. The van der Waals surface area contributed by atoms with Crippen molar-refractivity contribution in [2.75, 3.05) is 13.1 Å². The van der Waals surface area contributed by atoms with Gasteiger partial charge in [-0.2, -0.15) is 0 Å². The Kier molecular flexibility index (Phi) is 5.49. The first-order chi connectivity index (χ1) is 11.2. The molecule has 132 valence electrons. The number of carbonyl (C=O) groups is 2. The van der Waals surface area contributed by atoms with E-state index in [0.717, 1.165) is 11.8 Å². The molecule has 0 radical (unpaired) electrons. The topological polar surface area (TPSA) is 76.1 Å². The molecule has 1 aromatic rings. The minimum atomic E-state index is -0.841. The Labute approximate surface area is 142 Å². The van der Waals surface area contributed by atoms with Gasteiger partial charge in [-0.15, -0.1) is 0 Å². The fourth-order valence-electron chi connectivity index (χ4n) is 2.57. The molecule has 6 heteroatoms. The van der Waals surface area contributed by atoms with E-state index in [1.54, 1.807) is 32.9 Å². The number of carbonyl (C=O) groups excluding carboxylic acids is 2. The number of aryl methyl sites for hydroxylation is 1. The summed E-state index contributed by atoms with van der Waals surface area (Å²) >= 11 is 0. The van der Waals surface area contributed by atoms with E-state index in [1.807, 2.05) is 13.0 Å². The summed E-state index contributed by atoms with van der Waals surface area (Å²) in [5.74, 6) is 0.449. The fraction of sp³-hybridized carbons (Fsp3) is 0.556. The summed E-state index contributed by atoms with van der Waals surface area (Å²) < 4.78 is 11.1. The normalized spacial score (nSPS) is 21.3. The predicted octanol–water partition coefficient (Wildman–Crippen LogP) is 2.56. The van der Waals surface area contributed by atoms with Crippen LogP contribution in [0.5, 0.6) is 5.75 Å². The number of hydrogen-bond donors (Lipinski definition) is 1. The predicted molar refractivity (Wildman–Crippen MR) is 89.4 cm³/mol. The lowest BCUT2D eigenvalue weighted by Crippen LogP contribution is -2.52. The Hall–Kier alpha value is -2.08. The van der Waals surface area contributed by atoms with Crippen LogP contribution >= 0.6 is 0 Å². The van der Waals surface area contributed by atoms with Gasteiger partial charge in [0.1, 0.15) is 23.6 Å². The molecule has 0 spiro atoms. The van der Waals surface area contributed by atoms with Crippen LogP contribution in [-0.2, 0) is 4.74 Å². The Balaban J connectivity index is 1.99. The molecule has 24 heavy (non-hydrogen) atoms. The summed E-state index contributed by atoms with van der Waals surface area (Å²) in [5, 5.41) is 10.3. The van der Waals surface area contributed by atoms with Crippen molar-refractivity contribution < 1.29 is 24.2 Å². The average molecular weight is 335 g/mol. The largest absolute Gasteiger partial charge is 0.487 e. The Bertz CT molecular complexity index is 608. The van der Waals surface area contributed by atoms with Gasteiger partial charge in [-0.1, -0.05) is 11.6 Å². The third kappa shape index (κ3) is 4.71. The maximum Gasteiger partial charge on any atom is 0.410 e. The van der Waals surface area contributed by atoms with Crippen molar-refractivity contribution in [3.8, 4) is 5.75 Å². The van der Waals surface area contributed by atoms with Crippen molar-refractivity contribution in [1.82, 2.24) is 4.90 Å². The van der Waals surface area contributed by atoms with E-state index in [1.165, 1.54) is 4.90 Å². The van der Waals surface area contributed by atoms with Crippen LogP contribution in [0.1, 0.15) is 43.1 Å². The molecule has 0 saturated carbocycles. The Morgan fingerprint density at radius 3 is 2.67 bits per heavy atom. The van der Waals surface area contributed by atoms with E-state index < -0.39 is 23.9 Å². The Morgan fingerprint density at radius 2 is 2.08 bits per heavy atom. The zero-order valence-corrected chi connectivity index (χ0v) is 14.6. The zero-order chi connectivity index (χ0) is 17.9. The lowest BCUT2D eigenvalue weighted by atomic mass is 10.0. The van der Waals surface area contributed by atoms with Gasteiger partial charge in [0.15, 0.2) is 6.29 Å². The van der Waals surface area contributed by atoms with E-state index in [0.29, 0.717) is 24.3 Å². The van der Waals surface area contributed by atoms with E-state index in [4.69, 9.17) is 9.47 Å². The molecule has 2 atom stereocenters. The average Bonchev–Trinajstić information content (AvgIpc) is 2.49. The van der Waals surface area contributed by atoms with Crippen LogP contribution in [0, 0.1) is 6.92 Å². The number of nitrogens with zero attached hydrogens (tertiary/aromatic N) is 1. The number of aliphatic hydroxyl groups excluding tert-OH is 1. The second-order valence-electron chi connectivity index (χ2n) is 7.10. The number of β-amino-alcohol motifs (C(OH)–C–C–N with tert-alkyl or cyclic N) is 1. The lowest BCUT2D eigenvalue weighted by molar-refractivity contribution is -0.0375. The van der Waals surface area contributed by atoms with Gasteiger partial charge in [-0.3, -0.25) is 4.79 Å². The number of likely N-dealkylation sites (tertiary alicyclic amines) is 1. The van der Waals surface area contributed by atoms with Crippen LogP contribution in [0.15, 0.2) is 18.2 Å². The van der Waals surface area contributed by atoms with Crippen LogP contribution < -0.4 is 4.74 Å². The van der Waals surface area contributed by atoms with E-state index in [2.05, 4.69) is 0 Å². The van der Waals surface area contributed by atoms with Crippen molar-refractivity contribution in [3.63, 3.8) is 0 Å². The van der Waals surface area contributed by atoms with Gasteiger partial charge in [0.05, 0.1) is 12.1 Å². The SMILES string of the molecule is Cc1ccc(O[C@@H]2CCN(C(=O)OC(C)(C)C)C[C@H]2O)c(C=O)c1. The van der Waals surface area contributed by atoms with Gasteiger partial charge in [0, 0.05) is 13.0 Å². The number of rotatable bonds is 3. The highest BCUT2D eigenvalue weighted by atomic mass is 16.6. The van der Waals surface area contributed by atoms with E-state index >= 15 is 0 Å². The summed E-state index contributed by atoms with van der Waals surface area (Å²) in [7, 11) is 0. The monoisotopic (exact) mass is 335 g/mol. The van der Waals surface area contributed by atoms with Crippen molar-refractivity contribution in [3.05, 3.63) is 29.3 Å². The van der Waals surface area contributed by atoms with Gasteiger partial charge < -0.3 is 19.5 Å². The molecule has 2 rings (SSSR count). The van der Waals surface area contributed by atoms with E-state index in [9.17, 15) is 14.7 Å². The van der Waals surface area contributed by atoms with Gasteiger partial charge in [-0.25, -0.2) is 4.79 Å². The fourth-order valence-corrected chi connectivity index (χ4v) is 2.57. The van der Waals surface area contributed by atoms with Gasteiger partial charge in [-0.05, 0) is 39.8 Å². The van der Waals surface area contributed by atoms with Gasteiger partial charge >= 0.3 is 6.09 Å². The van der Waals surface area contributed by atoms with Crippen LogP contribution in [0.3, 0.4) is 0 Å². The van der Waals surface area contributed by atoms with Gasteiger partial charge in [0.2, 0.25) is 0 Å². The molecule has 0 aromatic heterocycles. The molecule has 1 aliphatic rings. The molecule has 1 fully saturated rings. The van der Waals surface area contributed by atoms with Crippen LogP contribution in [0.25, 0.3) is 0 Å². The summed E-state index contributed by atoms with van der Waals surface area (Å²) in [5.41, 5.74) is 0.845. The highest BCUT2D eigenvalue weighted by Gasteiger charge is 2.34. The molecule has 1 N–H and O–H groups in total. The summed E-state index contributed by atoms with van der Waals surface area (Å²) in [6.45, 7) is 7.87. The van der Waals surface area contributed by atoms with Crippen LogP contribution in [0.4, 0.5) is 4.79 Å². The number of ether oxygens (including phenoxy) is 2. The van der Waals surface area contributed by atoms with E-state index in [-0.39, 0.29) is 6.54 Å². The Morgan fingerprint density at radius 1 is 1.38 bits per heavy atom. The number of aliphatic hydroxyl groups is 1. The van der Waals surface area contributed by atoms with Gasteiger partial charge in [0.25, 0.3) is 0 Å². The number of benzene rings is 1.